The molecule has 0 bridgehead atoms. The predicted octanol–water partition coefficient (Wildman–Crippen LogP) is 1.63. The first kappa shape index (κ1) is 15.3. The molecule has 2 atom stereocenters. The Morgan fingerprint density at radius 1 is 1.50 bits per heavy atom. The summed E-state index contributed by atoms with van der Waals surface area (Å²) in [5.41, 5.74) is 0. The number of guanidine groups is 1. The van der Waals surface area contributed by atoms with Crippen molar-refractivity contribution in [1.82, 2.24) is 15.5 Å². The molecule has 0 spiro atoms. The summed E-state index contributed by atoms with van der Waals surface area (Å²) in [4.78, 5) is 6.69. The van der Waals surface area contributed by atoms with E-state index in [1.807, 2.05) is 0 Å². The number of nitrogens with one attached hydrogen (secondary N) is 2. The van der Waals surface area contributed by atoms with E-state index in [2.05, 4.69) is 47.9 Å². The van der Waals surface area contributed by atoms with Gasteiger partial charge in [-0.05, 0) is 19.8 Å². The molecule has 1 aliphatic heterocycles. The summed E-state index contributed by atoms with van der Waals surface area (Å²) >= 11 is 5.74. The highest BCUT2D eigenvalue weighted by Gasteiger charge is 2.31. The zero-order valence-electron chi connectivity index (χ0n) is 11.8. The van der Waals surface area contributed by atoms with Crippen molar-refractivity contribution in [3.63, 3.8) is 0 Å². The van der Waals surface area contributed by atoms with Gasteiger partial charge in [-0.2, -0.15) is 0 Å². The molecule has 0 aromatic rings. The average molecular weight is 273 g/mol. The molecule has 1 rings (SSSR count). The Labute approximate surface area is 115 Å². The molecular weight excluding hydrogens is 248 g/mol. The Hall–Kier alpha value is -0.740. The van der Waals surface area contributed by atoms with Gasteiger partial charge < -0.3 is 10.6 Å². The highest BCUT2D eigenvalue weighted by Crippen LogP contribution is 2.18. The van der Waals surface area contributed by atoms with E-state index in [4.69, 9.17) is 11.6 Å². The fourth-order valence-corrected chi connectivity index (χ4v) is 2.23. The van der Waals surface area contributed by atoms with Crippen molar-refractivity contribution in [2.24, 2.45) is 10.9 Å². The molecule has 0 saturated carbocycles. The van der Waals surface area contributed by atoms with Crippen molar-refractivity contribution in [1.29, 1.82) is 0 Å². The molecule has 0 aromatic carbocycles. The van der Waals surface area contributed by atoms with Crippen LogP contribution in [0.5, 0.6) is 0 Å². The zero-order valence-corrected chi connectivity index (χ0v) is 12.6. The lowest BCUT2D eigenvalue weighted by atomic mass is 10.1. The fraction of sp³-hybridized carbons (Fsp3) is 0.769. The van der Waals surface area contributed by atoms with E-state index in [-0.39, 0.29) is 0 Å². The number of aliphatic imine (C=N–C) groups is 1. The van der Waals surface area contributed by atoms with Crippen LogP contribution in [0.15, 0.2) is 16.6 Å². The summed E-state index contributed by atoms with van der Waals surface area (Å²) in [6.07, 6.45) is 0. The van der Waals surface area contributed by atoms with Crippen molar-refractivity contribution in [3.8, 4) is 0 Å². The van der Waals surface area contributed by atoms with Crippen LogP contribution in [0.1, 0.15) is 20.8 Å². The SMILES string of the molecule is C=C(Cl)CNC(=NC)NC1CN(C(C)C)CC1C. The van der Waals surface area contributed by atoms with Crippen LogP contribution >= 0.6 is 11.6 Å². The van der Waals surface area contributed by atoms with Gasteiger partial charge in [0, 0.05) is 37.3 Å². The van der Waals surface area contributed by atoms with E-state index in [9.17, 15) is 0 Å². The molecular formula is C13H25ClN4. The van der Waals surface area contributed by atoms with Crippen LogP contribution in [0.25, 0.3) is 0 Å². The van der Waals surface area contributed by atoms with Crippen molar-refractivity contribution in [3.05, 3.63) is 11.6 Å². The van der Waals surface area contributed by atoms with Crippen molar-refractivity contribution in [2.75, 3.05) is 26.7 Å². The Kier molecular flexibility index (Phi) is 5.96. The van der Waals surface area contributed by atoms with Crippen molar-refractivity contribution >= 4 is 17.6 Å². The molecule has 104 valence electrons. The minimum Gasteiger partial charge on any atom is -0.352 e. The van der Waals surface area contributed by atoms with Crippen LogP contribution in [-0.4, -0.2) is 49.6 Å². The topological polar surface area (TPSA) is 39.7 Å². The minimum atomic E-state index is 0.433. The van der Waals surface area contributed by atoms with Gasteiger partial charge in [-0.15, -0.1) is 0 Å². The van der Waals surface area contributed by atoms with Crippen LogP contribution < -0.4 is 10.6 Å². The minimum absolute atomic E-state index is 0.433. The summed E-state index contributed by atoms with van der Waals surface area (Å²) in [5, 5.41) is 7.19. The maximum atomic E-state index is 5.74. The Balaban J connectivity index is 2.48. The smallest absolute Gasteiger partial charge is 0.191 e. The highest BCUT2D eigenvalue weighted by molar-refractivity contribution is 6.29. The molecule has 1 saturated heterocycles. The molecule has 0 radical (unpaired) electrons. The summed E-state index contributed by atoms with van der Waals surface area (Å²) in [6.45, 7) is 13.1. The van der Waals surface area contributed by atoms with E-state index in [0.717, 1.165) is 19.0 Å². The highest BCUT2D eigenvalue weighted by atomic mass is 35.5. The number of halogens is 1. The van der Waals surface area contributed by atoms with E-state index < -0.39 is 0 Å². The van der Waals surface area contributed by atoms with Crippen LogP contribution in [0.3, 0.4) is 0 Å². The standard InChI is InChI=1S/C13H25ClN4/c1-9(2)18-7-10(3)12(8-18)17-13(15-5)16-6-11(4)14/h9-10,12H,4,6-8H2,1-3,5H3,(H2,15,16,17). The molecule has 2 unspecified atom stereocenters. The van der Waals surface area contributed by atoms with Gasteiger partial charge in [-0.25, -0.2) is 0 Å². The Morgan fingerprint density at radius 3 is 2.61 bits per heavy atom. The molecule has 4 nitrogen and oxygen atoms in total. The maximum absolute atomic E-state index is 5.74. The second-order valence-electron chi connectivity index (χ2n) is 5.22. The zero-order chi connectivity index (χ0) is 13.7. The van der Waals surface area contributed by atoms with Gasteiger partial charge in [0.15, 0.2) is 5.96 Å². The molecule has 1 heterocycles. The number of rotatable bonds is 4. The second-order valence-corrected chi connectivity index (χ2v) is 5.75. The second kappa shape index (κ2) is 7.00. The van der Waals surface area contributed by atoms with Crippen LogP contribution in [-0.2, 0) is 0 Å². The molecule has 2 N–H and O–H groups in total. The first-order valence-corrected chi connectivity index (χ1v) is 6.86. The number of hydrogen-bond donors (Lipinski definition) is 2. The van der Waals surface area contributed by atoms with Gasteiger partial charge in [-0.1, -0.05) is 25.1 Å². The monoisotopic (exact) mass is 272 g/mol. The van der Waals surface area contributed by atoms with Crippen LogP contribution in [0.4, 0.5) is 0 Å². The molecule has 0 aromatic heterocycles. The van der Waals surface area contributed by atoms with Gasteiger partial charge in [0.1, 0.15) is 0 Å². The summed E-state index contributed by atoms with van der Waals surface area (Å²) in [5.74, 6) is 1.41. The summed E-state index contributed by atoms with van der Waals surface area (Å²) < 4.78 is 0. The molecule has 0 amide bonds. The largest absolute Gasteiger partial charge is 0.352 e. The Morgan fingerprint density at radius 2 is 2.17 bits per heavy atom. The third-order valence-corrected chi connectivity index (χ3v) is 3.50. The van der Waals surface area contributed by atoms with Crippen LogP contribution in [0.2, 0.25) is 0 Å². The summed E-state index contributed by atoms with van der Waals surface area (Å²) in [7, 11) is 1.77. The van der Waals surface area contributed by atoms with E-state index in [1.165, 1.54) is 0 Å². The van der Waals surface area contributed by atoms with Gasteiger partial charge in [0.25, 0.3) is 0 Å². The van der Waals surface area contributed by atoms with Gasteiger partial charge in [0.2, 0.25) is 0 Å². The van der Waals surface area contributed by atoms with Gasteiger partial charge in [0.05, 0.1) is 6.54 Å². The first-order chi connectivity index (χ1) is 8.43. The quantitative estimate of drug-likeness (QED) is 0.604. The predicted molar refractivity (Wildman–Crippen MR) is 79.2 cm³/mol. The van der Waals surface area contributed by atoms with Gasteiger partial charge in [-0.3, -0.25) is 9.89 Å². The molecule has 0 aliphatic carbocycles. The summed E-state index contributed by atoms with van der Waals surface area (Å²) in [6, 6.07) is 1.03. The lowest BCUT2D eigenvalue weighted by Crippen LogP contribution is -2.47. The lowest BCUT2D eigenvalue weighted by molar-refractivity contribution is 0.265. The van der Waals surface area contributed by atoms with E-state index >= 15 is 0 Å². The number of likely N-dealkylation sites (tertiary alicyclic amines) is 1. The molecule has 1 fully saturated rings. The fourth-order valence-electron chi connectivity index (χ4n) is 2.16. The third kappa shape index (κ3) is 4.50. The third-order valence-electron chi connectivity index (χ3n) is 3.36. The van der Waals surface area contributed by atoms with E-state index in [1.54, 1.807) is 7.05 Å². The van der Waals surface area contributed by atoms with Crippen LogP contribution in [0, 0.1) is 5.92 Å². The molecule has 18 heavy (non-hydrogen) atoms. The number of nitrogens with zero attached hydrogens (tertiary/aromatic N) is 2. The first-order valence-electron chi connectivity index (χ1n) is 6.48. The van der Waals surface area contributed by atoms with Gasteiger partial charge >= 0.3 is 0 Å². The normalized spacial score (nSPS) is 25.6. The molecule has 1 aliphatic rings. The number of hydrogen-bond acceptors (Lipinski definition) is 2. The van der Waals surface area contributed by atoms with Crippen molar-refractivity contribution in [2.45, 2.75) is 32.9 Å². The molecule has 5 heteroatoms. The lowest BCUT2D eigenvalue weighted by Gasteiger charge is -2.21. The van der Waals surface area contributed by atoms with Crippen molar-refractivity contribution < 1.29 is 0 Å². The van der Waals surface area contributed by atoms with E-state index in [0.29, 0.717) is 29.6 Å². The maximum Gasteiger partial charge on any atom is 0.191 e. The average Bonchev–Trinajstić information content (AvgIpc) is 2.66. The Bertz CT molecular complexity index is 314.